The maximum atomic E-state index is 2.33. The monoisotopic (exact) mass is 140 g/mol. The summed E-state index contributed by atoms with van der Waals surface area (Å²) in [6.45, 7) is 6.33. The molecule has 10 heavy (non-hydrogen) atoms. The summed E-state index contributed by atoms with van der Waals surface area (Å²) in [5.41, 5.74) is 0. The van der Waals surface area contributed by atoms with Crippen LogP contribution in [0.1, 0.15) is 46.5 Å². The van der Waals surface area contributed by atoms with Crippen LogP contribution in [0.3, 0.4) is 0 Å². The van der Waals surface area contributed by atoms with Gasteiger partial charge in [0.25, 0.3) is 0 Å². The summed E-state index contributed by atoms with van der Waals surface area (Å²) in [5.74, 6) is 0.939. The van der Waals surface area contributed by atoms with Crippen molar-refractivity contribution in [2.24, 2.45) is 5.92 Å². The predicted molar refractivity (Wildman–Crippen MR) is 48.1 cm³/mol. The van der Waals surface area contributed by atoms with Crippen LogP contribution in [0.25, 0.3) is 0 Å². The number of hydrogen-bond donors (Lipinski definition) is 0. The van der Waals surface area contributed by atoms with Crippen molar-refractivity contribution in [3.05, 3.63) is 12.2 Å². The lowest BCUT2D eigenvalue weighted by Gasteiger charge is -2.01. The first-order valence-electron chi connectivity index (χ1n) is 4.54. The molecule has 1 rings (SSSR count). The van der Waals surface area contributed by atoms with Gasteiger partial charge in [-0.3, -0.25) is 0 Å². The Hall–Kier alpha value is -0.260. The van der Waals surface area contributed by atoms with E-state index in [1.807, 2.05) is 13.8 Å². The lowest BCUT2D eigenvalue weighted by atomic mass is 10.0. The third kappa shape index (κ3) is 4.60. The fourth-order valence-electron chi connectivity index (χ4n) is 1.15. The quantitative estimate of drug-likeness (QED) is 0.449. The van der Waals surface area contributed by atoms with Crippen molar-refractivity contribution < 1.29 is 0 Å². The third-order valence-corrected chi connectivity index (χ3v) is 1.77. The van der Waals surface area contributed by atoms with E-state index in [1.54, 1.807) is 0 Å². The molecule has 0 N–H and O–H groups in total. The summed E-state index contributed by atoms with van der Waals surface area (Å²) in [4.78, 5) is 0. The van der Waals surface area contributed by atoms with Crippen molar-refractivity contribution in [3.8, 4) is 0 Å². The first-order valence-corrected chi connectivity index (χ1v) is 4.54. The van der Waals surface area contributed by atoms with Gasteiger partial charge in [0.1, 0.15) is 0 Å². The average molecular weight is 140 g/mol. The normalized spacial score (nSPS) is 24.5. The van der Waals surface area contributed by atoms with Gasteiger partial charge < -0.3 is 0 Å². The van der Waals surface area contributed by atoms with E-state index in [9.17, 15) is 0 Å². The Morgan fingerprint density at radius 1 is 1.20 bits per heavy atom. The fourth-order valence-corrected chi connectivity index (χ4v) is 1.15. The van der Waals surface area contributed by atoms with Crippen molar-refractivity contribution in [3.63, 3.8) is 0 Å². The minimum absolute atomic E-state index is 0.939. The Bertz CT molecular complexity index is 82.0. The van der Waals surface area contributed by atoms with E-state index in [1.165, 1.54) is 25.7 Å². The number of allylic oxidation sites excluding steroid dienone is 2. The first kappa shape index (κ1) is 9.74. The molecule has 0 aromatic heterocycles. The Morgan fingerprint density at radius 2 is 1.90 bits per heavy atom. The molecular weight excluding hydrogens is 120 g/mol. The second kappa shape index (κ2) is 6.85. The van der Waals surface area contributed by atoms with Crippen LogP contribution in [0.15, 0.2) is 12.2 Å². The van der Waals surface area contributed by atoms with Gasteiger partial charge in [-0.15, -0.1) is 0 Å². The highest BCUT2D eigenvalue weighted by atomic mass is 14.1. The smallest absolute Gasteiger partial charge is 0.0325 e. The first-order chi connectivity index (χ1) is 4.89. The molecule has 0 saturated heterocycles. The second-order valence-electron chi connectivity index (χ2n) is 2.74. The van der Waals surface area contributed by atoms with Crippen LogP contribution in [0.5, 0.6) is 0 Å². The van der Waals surface area contributed by atoms with Crippen molar-refractivity contribution in [1.29, 1.82) is 0 Å². The summed E-state index contributed by atoms with van der Waals surface area (Å²) >= 11 is 0. The molecule has 0 fully saturated rings. The van der Waals surface area contributed by atoms with E-state index in [0.717, 1.165) is 5.92 Å². The Balaban J connectivity index is 0.000000371. The molecule has 0 bridgehead atoms. The number of rotatable bonds is 0. The van der Waals surface area contributed by atoms with Crippen LogP contribution in [0, 0.1) is 5.92 Å². The van der Waals surface area contributed by atoms with Gasteiger partial charge in [-0.2, -0.15) is 0 Å². The molecule has 0 aromatic carbocycles. The predicted octanol–water partition coefficient (Wildman–Crippen LogP) is 3.78. The van der Waals surface area contributed by atoms with Gasteiger partial charge >= 0.3 is 0 Å². The van der Waals surface area contributed by atoms with E-state index < -0.39 is 0 Å². The fraction of sp³-hybridized carbons (Fsp3) is 0.800. The van der Waals surface area contributed by atoms with Crippen molar-refractivity contribution in [2.75, 3.05) is 0 Å². The topological polar surface area (TPSA) is 0 Å². The summed E-state index contributed by atoms with van der Waals surface area (Å²) in [6, 6.07) is 0. The molecule has 60 valence electrons. The summed E-state index contributed by atoms with van der Waals surface area (Å²) in [7, 11) is 0. The summed E-state index contributed by atoms with van der Waals surface area (Å²) < 4.78 is 0. The van der Waals surface area contributed by atoms with Crippen LogP contribution in [-0.2, 0) is 0 Å². The number of hydrogen-bond acceptors (Lipinski definition) is 0. The molecular formula is C10H20. The van der Waals surface area contributed by atoms with E-state index in [0.29, 0.717) is 0 Å². The van der Waals surface area contributed by atoms with Crippen molar-refractivity contribution in [1.82, 2.24) is 0 Å². The summed E-state index contributed by atoms with van der Waals surface area (Å²) in [5, 5.41) is 0. The molecule has 0 heterocycles. The molecule has 0 radical (unpaired) electrons. The SMILES string of the molecule is CC.CC1CC=CCCC1. The lowest BCUT2D eigenvalue weighted by Crippen LogP contribution is -1.88. The molecule has 1 atom stereocenters. The highest BCUT2D eigenvalue weighted by molar-refractivity contribution is 4.86. The molecule has 1 aliphatic rings. The standard InChI is InChI=1S/C8H14.C2H6/c1-8-6-4-2-3-5-7-8;1-2/h2,4,8H,3,5-7H2,1H3;1-2H3. The highest BCUT2D eigenvalue weighted by Gasteiger charge is 2.00. The Morgan fingerprint density at radius 3 is 2.60 bits per heavy atom. The molecule has 0 amide bonds. The van der Waals surface area contributed by atoms with Crippen LogP contribution in [0.4, 0.5) is 0 Å². The molecule has 0 saturated carbocycles. The zero-order chi connectivity index (χ0) is 7.82. The van der Waals surface area contributed by atoms with Crippen LogP contribution < -0.4 is 0 Å². The molecule has 1 unspecified atom stereocenters. The van der Waals surface area contributed by atoms with Crippen LogP contribution in [-0.4, -0.2) is 0 Å². The van der Waals surface area contributed by atoms with Crippen molar-refractivity contribution >= 4 is 0 Å². The van der Waals surface area contributed by atoms with E-state index in [4.69, 9.17) is 0 Å². The average Bonchev–Trinajstić information content (AvgIpc) is 2.21. The van der Waals surface area contributed by atoms with Gasteiger partial charge in [-0.1, -0.05) is 39.3 Å². The third-order valence-electron chi connectivity index (χ3n) is 1.77. The summed E-state index contributed by atoms with van der Waals surface area (Å²) in [6.07, 6.45) is 10.1. The highest BCUT2D eigenvalue weighted by Crippen LogP contribution is 2.16. The van der Waals surface area contributed by atoms with Gasteiger partial charge in [0, 0.05) is 0 Å². The maximum Gasteiger partial charge on any atom is -0.0325 e. The van der Waals surface area contributed by atoms with Gasteiger partial charge in [-0.25, -0.2) is 0 Å². The van der Waals surface area contributed by atoms with Gasteiger partial charge in [0.2, 0.25) is 0 Å². The van der Waals surface area contributed by atoms with Gasteiger partial charge in [0.15, 0.2) is 0 Å². The van der Waals surface area contributed by atoms with Gasteiger partial charge in [0.05, 0.1) is 0 Å². The van der Waals surface area contributed by atoms with Crippen LogP contribution in [0.2, 0.25) is 0 Å². The zero-order valence-electron chi connectivity index (χ0n) is 7.56. The molecule has 0 spiro atoms. The Kier molecular flexibility index (Phi) is 6.68. The minimum atomic E-state index is 0.939. The second-order valence-corrected chi connectivity index (χ2v) is 2.74. The molecule has 1 aliphatic carbocycles. The van der Waals surface area contributed by atoms with E-state index in [2.05, 4.69) is 19.1 Å². The van der Waals surface area contributed by atoms with E-state index in [-0.39, 0.29) is 0 Å². The van der Waals surface area contributed by atoms with Crippen LogP contribution >= 0.6 is 0 Å². The van der Waals surface area contributed by atoms with E-state index >= 15 is 0 Å². The zero-order valence-corrected chi connectivity index (χ0v) is 7.56. The lowest BCUT2D eigenvalue weighted by molar-refractivity contribution is 0.532. The molecule has 0 nitrogen and oxygen atoms in total. The largest absolute Gasteiger partial charge is 0.0885 e. The maximum absolute atomic E-state index is 2.33. The minimum Gasteiger partial charge on any atom is -0.0885 e. The molecule has 0 heteroatoms. The van der Waals surface area contributed by atoms with Gasteiger partial charge in [-0.05, 0) is 25.2 Å². The van der Waals surface area contributed by atoms with Crippen molar-refractivity contribution in [2.45, 2.75) is 46.5 Å². The Labute approximate surface area is 65.3 Å². The molecule has 0 aromatic rings. The molecule has 0 aliphatic heterocycles.